The van der Waals surface area contributed by atoms with Gasteiger partial charge >= 0.3 is 0 Å². The highest BCUT2D eigenvalue weighted by Gasteiger charge is 2.43. The van der Waals surface area contributed by atoms with Gasteiger partial charge in [0.05, 0.1) is 22.2 Å². The molecule has 0 atom stereocenters. The number of nitrogens with zero attached hydrogens (tertiary/aromatic N) is 4. The summed E-state index contributed by atoms with van der Waals surface area (Å²) < 4.78 is 7.92. The Labute approximate surface area is 206 Å². The molecule has 1 fully saturated rings. The zero-order valence-corrected chi connectivity index (χ0v) is 20.4. The Hall–Kier alpha value is -3.04. The van der Waals surface area contributed by atoms with Crippen LogP contribution in [0.3, 0.4) is 0 Å². The monoisotopic (exact) mass is 497 g/mol. The van der Waals surface area contributed by atoms with Gasteiger partial charge in [0.25, 0.3) is 0 Å². The highest BCUT2D eigenvalue weighted by Crippen LogP contribution is 2.40. The van der Waals surface area contributed by atoms with Gasteiger partial charge in [-0.3, -0.25) is 19.1 Å². The van der Waals surface area contributed by atoms with Crippen LogP contribution in [0.2, 0.25) is 5.02 Å². The fraction of sp³-hybridized carbons (Fsp3) is 0.333. The van der Waals surface area contributed by atoms with Gasteiger partial charge in [0.2, 0.25) is 11.8 Å². The van der Waals surface area contributed by atoms with Crippen molar-refractivity contribution in [2.75, 3.05) is 16.0 Å². The van der Waals surface area contributed by atoms with Crippen LogP contribution in [0.4, 0.5) is 11.4 Å². The number of rotatable bonds is 7. The molecule has 2 aromatic carbocycles. The number of hydrogen-bond donors (Lipinski definition) is 1. The predicted molar refractivity (Wildman–Crippen MR) is 131 cm³/mol. The fourth-order valence-electron chi connectivity index (χ4n) is 4.00. The predicted octanol–water partition coefficient (Wildman–Crippen LogP) is 4.70. The largest absolute Gasteiger partial charge is 0.484 e. The van der Waals surface area contributed by atoms with Crippen molar-refractivity contribution in [2.45, 2.75) is 50.0 Å². The zero-order chi connectivity index (χ0) is 23.9. The third-order valence-corrected chi connectivity index (χ3v) is 7.16. The molecule has 0 spiro atoms. The Morgan fingerprint density at radius 1 is 1.18 bits per heavy atom. The number of carbonyl (C=O) groups is 2. The van der Waals surface area contributed by atoms with Crippen molar-refractivity contribution < 1.29 is 14.3 Å². The standard InChI is InChI=1S/C24H24ClN5O3S/c1-24(2)22(32)26-17-8-4-5-9-18(17)30(24)21(31)14-34-23-28-27-20(29(23)15-11-12-15)13-33-19-10-6-3-7-16(19)25/h3-10,15H,11-14H2,1-2H3,(H,26,32). The van der Waals surface area contributed by atoms with Crippen LogP contribution >= 0.6 is 23.4 Å². The maximum Gasteiger partial charge on any atom is 0.250 e. The first-order chi connectivity index (χ1) is 16.4. The minimum absolute atomic E-state index is 0.126. The minimum Gasteiger partial charge on any atom is -0.484 e. The highest BCUT2D eigenvalue weighted by molar-refractivity contribution is 7.99. The molecule has 176 valence electrons. The van der Waals surface area contributed by atoms with Crippen LogP contribution in [0.1, 0.15) is 38.6 Å². The van der Waals surface area contributed by atoms with E-state index in [1.54, 1.807) is 30.9 Å². The number of carbonyl (C=O) groups excluding carboxylic acids is 2. The molecule has 1 N–H and O–H groups in total. The topological polar surface area (TPSA) is 89.3 Å². The van der Waals surface area contributed by atoms with Crippen molar-refractivity contribution >= 4 is 46.6 Å². The number of halogens is 1. The summed E-state index contributed by atoms with van der Waals surface area (Å²) in [4.78, 5) is 27.6. The second kappa shape index (κ2) is 8.96. The summed E-state index contributed by atoms with van der Waals surface area (Å²) in [6.07, 6.45) is 2.07. The Morgan fingerprint density at radius 3 is 2.68 bits per heavy atom. The summed E-state index contributed by atoms with van der Waals surface area (Å²) >= 11 is 7.52. The molecule has 2 amide bonds. The van der Waals surface area contributed by atoms with E-state index in [2.05, 4.69) is 20.1 Å². The summed E-state index contributed by atoms with van der Waals surface area (Å²) in [5, 5.41) is 12.8. The van der Waals surface area contributed by atoms with E-state index in [0.717, 1.165) is 12.8 Å². The first-order valence-corrected chi connectivity index (χ1v) is 12.4. The molecule has 1 aliphatic carbocycles. The second-order valence-corrected chi connectivity index (χ2v) is 10.1. The van der Waals surface area contributed by atoms with E-state index >= 15 is 0 Å². The van der Waals surface area contributed by atoms with E-state index in [9.17, 15) is 9.59 Å². The number of anilines is 2. The van der Waals surface area contributed by atoms with Gasteiger partial charge in [-0.05, 0) is 51.0 Å². The normalized spacial score (nSPS) is 16.7. The van der Waals surface area contributed by atoms with Crippen LogP contribution in [0, 0.1) is 0 Å². The van der Waals surface area contributed by atoms with E-state index in [0.29, 0.717) is 39.2 Å². The average Bonchev–Trinajstić information content (AvgIpc) is 3.57. The SMILES string of the molecule is CC1(C)C(=O)Nc2ccccc2N1C(=O)CSc1nnc(COc2ccccc2Cl)n1C1CC1. The number of para-hydroxylation sites is 3. The van der Waals surface area contributed by atoms with Gasteiger partial charge in [-0.15, -0.1) is 10.2 Å². The Morgan fingerprint density at radius 2 is 1.91 bits per heavy atom. The molecule has 1 saturated carbocycles. The van der Waals surface area contributed by atoms with Gasteiger partial charge in [-0.25, -0.2) is 0 Å². The molecule has 1 aliphatic heterocycles. The smallest absolute Gasteiger partial charge is 0.250 e. The molecule has 2 aliphatic rings. The summed E-state index contributed by atoms with van der Waals surface area (Å²) in [6, 6.07) is 14.9. The Kier molecular flexibility index (Phi) is 5.99. The number of ether oxygens (including phenoxy) is 1. The van der Waals surface area contributed by atoms with Crippen LogP contribution < -0.4 is 15.0 Å². The van der Waals surface area contributed by atoms with Crippen LogP contribution in [-0.2, 0) is 16.2 Å². The van der Waals surface area contributed by atoms with Crippen molar-refractivity contribution in [3.8, 4) is 5.75 Å². The molecule has 5 rings (SSSR count). The first-order valence-electron chi connectivity index (χ1n) is 11.0. The molecule has 2 heterocycles. The molecule has 8 nitrogen and oxygen atoms in total. The summed E-state index contributed by atoms with van der Waals surface area (Å²) in [5.74, 6) is 1.02. The summed E-state index contributed by atoms with van der Waals surface area (Å²) in [7, 11) is 0. The Balaban J connectivity index is 1.33. The highest BCUT2D eigenvalue weighted by atomic mass is 35.5. The molecule has 0 unspecified atom stereocenters. The fourth-order valence-corrected chi connectivity index (χ4v) is 5.06. The lowest BCUT2D eigenvalue weighted by Crippen LogP contribution is -2.59. The molecular formula is C24H24ClN5O3S. The van der Waals surface area contributed by atoms with Crippen LogP contribution in [0.15, 0.2) is 53.7 Å². The molecule has 0 saturated heterocycles. The summed E-state index contributed by atoms with van der Waals surface area (Å²) in [5.41, 5.74) is 0.310. The van der Waals surface area contributed by atoms with Crippen molar-refractivity contribution in [3.05, 3.63) is 59.4 Å². The van der Waals surface area contributed by atoms with Crippen LogP contribution in [0.25, 0.3) is 0 Å². The number of amides is 2. The van der Waals surface area contributed by atoms with Crippen molar-refractivity contribution in [2.24, 2.45) is 0 Å². The molecule has 0 bridgehead atoms. The average molecular weight is 498 g/mol. The number of hydrogen-bond acceptors (Lipinski definition) is 6. The molecule has 34 heavy (non-hydrogen) atoms. The molecular weight excluding hydrogens is 474 g/mol. The van der Waals surface area contributed by atoms with E-state index in [1.807, 2.05) is 36.4 Å². The Bertz CT molecular complexity index is 1260. The maximum atomic E-state index is 13.4. The van der Waals surface area contributed by atoms with Gasteiger partial charge < -0.3 is 10.1 Å². The summed E-state index contributed by atoms with van der Waals surface area (Å²) in [6.45, 7) is 3.73. The van der Waals surface area contributed by atoms with Gasteiger partial charge in [0.1, 0.15) is 17.9 Å². The third kappa shape index (κ3) is 4.25. The number of nitrogens with one attached hydrogen (secondary N) is 1. The lowest BCUT2D eigenvalue weighted by molar-refractivity contribution is -0.125. The van der Waals surface area contributed by atoms with Crippen molar-refractivity contribution in [3.63, 3.8) is 0 Å². The first kappa shape index (κ1) is 22.7. The molecule has 10 heteroatoms. The maximum absolute atomic E-state index is 13.4. The van der Waals surface area contributed by atoms with E-state index < -0.39 is 5.54 Å². The van der Waals surface area contributed by atoms with Crippen LogP contribution in [0.5, 0.6) is 5.75 Å². The number of benzene rings is 2. The van der Waals surface area contributed by atoms with Gasteiger partial charge in [-0.1, -0.05) is 47.6 Å². The van der Waals surface area contributed by atoms with E-state index in [1.165, 1.54) is 11.8 Å². The minimum atomic E-state index is -1.01. The lowest BCUT2D eigenvalue weighted by Gasteiger charge is -2.42. The van der Waals surface area contributed by atoms with Gasteiger partial charge in [-0.2, -0.15) is 0 Å². The second-order valence-electron chi connectivity index (χ2n) is 8.77. The number of thioether (sulfide) groups is 1. The van der Waals surface area contributed by atoms with Crippen molar-refractivity contribution in [1.29, 1.82) is 0 Å². The quantitative estimate of drug-likeness (QED) is 0.476. The zero-order valence-electron chi connectivity index (χ0n) is 18.8. The van der Waals surface area contributed by atoms with Gasteiger partial charge in [0, 0.05) is 6.04 Å². The van der Waals surface area contributed by atoms with E-state index in [-0.39, 0.29) is 24.2 Å². The molecule has 3 aromatic rings. The van der Waals surface area contributed by atoms with Crippen LogP contribution in [-0.4, -0.2) is 37.9 Å². The van der Waals surface area contributed by atoms with E-state index in [4.69, 9.17) is 16.3 Å². The number of fused-ring (bicyclic) bond motifs is 1. The van der Waals surface area contributed by atoms with Crippen molar-refractivity contribution in [1.82, 2.24) is 14.8 Å². The van der Waals surface area contributed by atoms with Gasteiger partial charge in [0.15, 0.2) is 11.0 Å². The molecule has 0 radical (unpaired) electrons. The number of aromatic nitrogens is 3. The third-order valence-electron chi connectivity index (χ3n) is 5.92. The molecule has 1 aromatic heterocycles. The lowest BCUT2D eigenvalue weighted by atomic mass is 9.96.